The summed E-state index contributed by atoms with van der Waals surface area (Å²) in [6.45, 7) is 2.65. The molecule has 0 spiro atoms. The fraction of sp³-hybridized carbons (Fsp3) is 0.364. The zero-order chi connectivity index (χ0) is 11.3. The molecular weight excluding hydrogens is 231 g/mol. The Morgan fingerprint density at radius 2 is 2.13 bits per heavy atom. The average Bonchev–Trinajstić information content (AvgIpc) is 2.21. The molecule has 0 aliphatic heterocycles. The second kappa shape index (κ2) is 5.99. The second-order valence-electron chi connectivity index (χ2n) is 3.21. The molecule has 0 amide bonds. The van der Waals surface area contributed by atoms with Crippen LogP contribution >= 0.6 is 23.2 Å². The summed E-state index contributed by atoms with van der Waals surface area (Å²) in [4.78, 5) is 4.20. The molecule has 0 aliphatic rings. The van der Waals surface area contributed by atoms with Crippen LogP contribution in [0.2, 0.25) is 10.0 Å². The molecule has 0 atom stereocenters. The first-order chi connectivity index (χ1) is 7.13. The van der Waals surface area contributed by atoms with Gasteiger partial charge in [-0.3, -0.25) is 4.99 Å². The van der Waals surface area contributed by atoms with E-state index in [2.05, 4.69) is 4.99 Å². The van der Waals surface area contributed by atoms with Crippen molar-refractivity contribution in [3.63, 3.8) is 0 Å². The van der Waals surface area contributed by atoms with Crippen molar-refractivity contribution >= 4 is 29.0 Å². The number of hydrogen-bond donors (Lipinski definition) is 1. The lowest BCUT2D eigenvalue weighted by Gasteiger charge is -2.03. The summed E-state index contributed by atoms with van der Waals surface area (Å²) in [7, 11) is 0. The molecule has 0 aromatic heterocycles. The number of halogens is 2. The Labute approximate surface area is 100 Å². The normalized spacial score (nSPS) is 11.8. The van der Waals surface area contributed by atoms with Crippen LogP contribution in [0.4, 0.5) is 0 Å². The Morgan fingerprint density at radius 3 is 2.73 bits per heavy atom. The highest BCUT2D eigenvalue weighted by Gasteiger charge is 2.00. The summed E-state index contributed by atoms with van der Waals surface area (Å²) in [5.74, 6) is 0.681. The highest BCUT2D eigenvalue weighted by Crippen LogP contribution is 2.21. The van der Waals surface area contributed by atoms with E-state index < -0.39 is 0 Å². The fourth-order valence-corrected chi connectivity index (χ4v) is 1.66. The lowest BCUT2D eigenvalue weighted by Crippen LogP contribution is -2.10. The van der Waals surface area contributed by atoms with Gasteiger partial charge in [-0.1, -0.05) is 36.2 Å². The lowest BCUT2D eigenvalue weighted by atomic mass is 10.1. The highest BCUT2D eigenvalue weighted by molar-refractivity contribution is 6.35. The monoisotopic (exact) mass is 244 g/mol. The third-order valence-electron chi connectivity index (χ3n) is 2.07. The van der Waals surface area contributed by atoms with Crippen LogP contribution in [0.15, 0.2) is 23.2 Å². The van der Waals surface area contributed by atoms with E-state index in [9.17, 15) is 0 Å². The summed E-state index contributed by atoms with van der Waals surface area (Å²) in [6, 6.07) is 5.49. The molecular formula is C11H14Cl2N2. The van der Waals surface area contributed by atoms with Crippen molar-refractivity contribution in [1.82, 2.24) is 0 Å². The molecule has 0 heterocycles. The van der Waals surface area contributed by atoms with E-state index >= 15 is 0 Å². The molecule has 1 aromatic rings. The number of rotatable bonds is 4. The van der Waals surface area contributed by atoms with Crippen molar-refractivity contribution in [2.24, 2.45) is 10.7 Å². The van der Waals surface area contributed by atoms with Crippen molar-refractivity contribution < 1.29 is 0 Å². The molecule has 0 fully saturated rings. The standard InChI is InChI=1S/C11H14Cl2N2/c1-2-11(14)15-6-5-8-3-4-9(12)7-10(8)13/h3-4,7H,2,5-6H2,1H3,(H2,14,15). The molecule has 0 bridgehead atoms. The molecule has 0 radical (unpaired) electrons. The van der Waals surface area contributed by atoms with Crippen LogP contribution in [0, 0.1) is 0 Å². The lowest BCUT2D eigenvalue weighted by molar-refractivity contribution is 0.956. The number of nitrogens with two attached hydrogens (primary N) is 1. The van der Waals surface area contributed by atoms with Crippen LogP contribution in [0.5, 0.6) is 0 Å². The molecule has 2 N–H and O–H groups in total. The molecule has 0 aliphatic carbocycles. The Morgan fingerprint density at radius 1 is 1.40 bits per heavy atom. The predicted molar refractivity (Wildman–Crippen MR) is 66.9 cm³/mol. The van der Waals surface area contributed by atoms with Crippen molar-refractivity contribution in [2.75, 3.05) is 6.54 Å². The maximum atomic E-state index is 6.01. The predicted octanol–water partition coefficient (Wildman–Crippen LogP) is 3.30. The van der Waals surface area contributed by atoms with Crippen molar-refractivity contribution in [1.29, 1.82) is 0 Å². The summed E-state index contributed by atoms with van der Waals surface area (Å²) in [5.41, 5.74) is 6.64. The number of amidine groups is 1. The van der Waals surface area contributed by atoms with Gasteiger partial charge >= 0.3 is 0 Å². The van der Waals surface area contributed by atoms with Crippen molar-refractivity contribution in [3.05, 3.63) is 33.8 Å². The van der Waals surface area contributed by atoms with E-state index in [1.54, 1.807) is 6.07 Å². The van der Waals surface area contributed by atoms with Gasteiger partial charge < -0.3 is 5.73 Å². The van der Waals surface area contributed by atoms with Gasteiger partial charge in [-0.15, -0.1) is 0 Å². The van der Waals surface area contributed by atoms with Crippen molar-refractivity contribution in [3.8, 4) is 0 Å². The first kappa shape index (κ1) is 12.3. The first-order valence-electron chi connectivity index (χ1n) is 4.86. The van der Waals surface area contributed by atoms with E-state index in [-0.39, 0.29) is 0 Å². The van der Waals surface area contributed by atoms with Crippen LogP contribution in [-0.4, -0.2) is 12.4 Å². The van der Waals surface area contributed by atoms with Crippen molar-refractivity contribution in [2.45, 2.75) is 19.8 Å². The molecule has 0 saturated carbocycles. The van der Waals surface area contributed by atoms with Gasteiger partial charge in [-0.2, -0.15) is 0 Å². The fourth-order valence-electron chi connectivity index (χ4n) is 1.16. The Kier molecular flexibility index (Phi) is 4.92. The largest absolute Gasteiger partial charge is 0.387 e. The van der Waals surface area contributed by atoms with Gasteiger partial charge in [0.1, 0.15) is 0 Å². The number of hydrogen-bond acceptors (Lipinski definition) is 1. The average molecular weight is 245 g/mol. The SMILES string of the molecule is CCC(N)=NCCc1ccc(Cl)cc1Cl. The molecule has 0 unspecified atom stereocenters. The third kappa shape index (κ3) is 4.10. The van der Waals surface area contributed by atoms with E-state index in [4.69, 9.17) is 28.9 Å². The molecule has 1 rings (SSSR count). The minimum absolute atomic E-state index is 0.653. The van der Waals surface area contributed by atoms with E-state index in [1.807, 2.05) is 19.1 Å². The summed E-state index contributed by atoms with van der Waals surface area (Å²) < 4.78 is 0. The van der Waals surface area contributed by atoms with Crippen LogP contribution in [0.1, 0.15) is 18.9 Å². The molecule has 0 saturated heterocycles. The second-order valence-corrected chi connectivity index (χ2v) is 4.06. The van der Waals surface area contributed by atoms with Crippen LogP contribution in [0.3, 0.4) is 0 Å². The van der Waals surface area contributed by atoms with Gasteiger partial charge in [-0.25, -0.2) is 0 Å². The Bertz CT molecular complexity index is 362. The van der Waals surface area contributed by atoms with Gasteiger partial charge in [0.15, 0.2) is 0 Å². The minimum Gasteiger partial charge on any atom is -0.387 e. The number of benzene rings is 1. The molecule has 15 heavy (non-hydrogen) atoms. The van der Waals surface area contributed by atoms with Gasteiger partial charge in [0.05, 0.1) is 5.84 Å². The summed E-state index contributed by atoms with van der Waals surface area (Å²) >= 11 is 11.8. The van der Waals surface area contributed by atoms with Crippen LogP contribution in [0.25, 0.3) is 0 Å². The summed E-state index contributed by atoms with van der Waals surface area (Å²) in [6.07, 6.45) is 1.57. The van der Waals surface area contributed by atoms with Gasteiger partial charge in [0, 0.05) is 23.0 Å². The minimum atomic E-state index is 0.653. The quantitative estimate of drug-likeness (QED) is 0.641. The van der Waals surface area contributed by atoms with Gasteiger partial charge in [0.25, 0.3) is 0 Å². The molecule has 4 heteroatoms. The topological polar surface area (TPSA) is 38.4 Å². The zero-order valence-electron chi connectivity index (χ0n) is 8.63. The summed E-state index contributed by atoms with van der Waals surface area (Å²) in [5, 5.41) is 1.34. The van der Waals surface area contributed by atoms with E-state index in [0.29, 0.717) is 22.4 Å². The number of aliphatic imine (C=N–C) groups is 1. The zero-order valence-corrected chi connectivity index (χ0v) is 10.1. The third-order valence-corrected chi connectivity index (χ3v) is 2.66. The molecule has 82 valence electrons. The first-order valence-corrected chi connectivity index (χ1v) is 5.61. The van der Waals surface area contributed by atoms with E-state index in [0.717, 1.165) is 18.4 Å². The maximum Gasteiger partial charge on any atom is 0.0934 e. The molecule has 2 nitrogen and oxygen atoms in total. The van der Waals surface area contributed by atoms with Crippen LogP contribution in [-0.2, 0) is 6.42 Å². The Balaban J connectivity index is 2.58. The van der Waals surface area contributed by atoms with Gasteiger partial charge in [0.2, 0.25) is 0 Å². The van der Waals surface area contributed by atoms with Gasteiger partial charge in [-0.05, 0) is 24.1 Å². The maximum absolute atomic E-state index is 6.01. The highest BCUT2D eigenvalue weighted by atomic mass is 35.5. The Hall–Kier alpha value is -0.730. The van der Waals surface area contributed by atoms with E-state index in [1.165, 1.54) is 0 Å². The molecule has 1 aromatic carbocycles. The number of nitrogens with zero attached hydrogens (tertiary/aromatic N) is 1. The smallest absolute Gasteiger partial charge is 0.0934 e. The van der Waals surface area contributed by atoms with Crippen LogP contribution < -0.4 is 5.73 Å².